The molecule has 0 heterocycles. The number of hydrogen-bond acceptors (Lipinski definition) is 1. The highest BCUT2D eigenvalue weighted by Gasteiger charge is 2.50. The van der Waals surface area contributed by atoms with Gasteiger partial charge in [0.25, 0.3) is 0 Å². The first-order valence-corrected chi connectivity index (χ1v) is 9.05. The molecule has 3 aliphatic rings. The lowest BCUT2D eigenvalue weighted by Crippen LogP contribution is -2.29. The van der Waals surface area contributed by atoms with Gasteiger partial charge in [-0.2, -0.15) is 0 Å². The Bertz CT molecular complexity index is 423. The number of hydrogen-bond donors (Lipinski definition) is 0. The van der Waals surface area contributed by atoms with E-state index in [2.05, 4.69) is 38.3 Å². The maximum Gasteiger partial charge on any atom is 0.0208 e. The first kappa shape index (κ1) is 15.2. The zero-order chi connectivity index (χ0) is 15.0. The highest BCUT2D eigenvalue weighted by Crippen LogP contribution is 2.56. The maximum atomic E-state index is 4.43. The van der Waals surface area contributed by atoms with E-state index in [9.17, 15) is 0 Å². The van der Waals surface area contributed by atoms with Crippen LogP contribution < -0.4 is 0 Å². The molecule has 3 saturated carbocycles. The van der Waals surface area contributed by atoms with Crippen LogP contribution in [0.15, 0.2) is 23.9 Å². The van der Waals surface area contributed by atoms with Crippen LogP contribution in [0, 0.1) is 23.2 Å². The van der Waals surface area contributed by atoms with Gasteiger partial charge < -0.3 is 4.90 Å². The lowest BCUT2D eigenvalue weighted by Gasteiger charge is -2.28. The summed E-state index contributed by atoms with van der Waals surface area (Å²) in [6.07, 6.45) is 12.2. The summed E-state index contributed by atoms with van der Waals surface area (Å²) < 4.78 is 0. The van der Waals surface area contributed by atoms with Gasteiger partial charge in [-0.3, -0.25) is 0 Å². The van der Waals surface area contributed by atoms with Crippen LogP contribution in [0.4, 0.5) is 0 Å². The standard InChI is InChI=1S/C20H33N/c1-15(2)6-5-11-20(4)12-19(20)14-21(13-17-7-8-17)16(3)18-9-10-18/h6,17-19H,3,5,7-14H2,1-2,4H3. The fourth-order valence-corrected chi connectivity index (χ4v) is 3.65. The molecule has 21 heavy (non-hydrogen) atoms. The predicted molar refractivity (Wildman–Crippen MR) is 91.0 cm³/mol. The Hall–Kier alpha value is -0.720. The summed E-state index contributed by atoms with van der Waals surface area (Å²) in [7, 11) is 0. The molecule has 2 atom stereocenters. The highest BCUT2D eigenvalue weighted by atomic mass is 15.2. The summed E-state index contributed by atoms with van der Waals surface area (Å²) in [5.74, 6) is 2.73. The van der Waals surface area contributed by atoms with Crippen molar-refractivity contribution in [3.8, 4) is 0 Å². The molecule has 0 saturated heterocycles. The van der Waals surface area contributed by atoms with Crippen molar-refractivity contribution < 1.29 is 0 Å². The van der Waals surface area contributed by atoms with Crippen LogP contribution in [-0.4, -0.2) is 18.0 Å². The second-order valence-corrected chi connectivity index (χ2v) is 8.49. The van der Waals surface area contributed by atoms with Gasteiger partial charge in [0.1, 0.15) is 0 Å². The van der Waals surface area contributed by atoms with Gasteiger partial charge in [0.2, 0.25) is 0 Å². The third-order valence-electron chi connectivity index (χ3n) is 5.88. The number of allylic oxidation sites excluding steroid dienone is 3. The molecule has 0 radical (unpaired) electrons. The second-order valence-electron chi connectivity index (χ2n) is 8.49. The second kappa shape index (κ2) is 5.82. The molecule has 118 valence electrons. The Kier molecular flexibility index (Phi) is 4.21. The molecule has 0 aromatic rings. The fourth-order valence-electron chi connectivity index (χ4n) is 3.65. The van der Waals surface area contributed by atoms with Crippen molar-refractivity contribution in [3.63, 3.8) is 0 Å². The molecule has 1 nitrogen and oxygen atoms in total. The maximum absolute atomic E-state index is 4.43. The van der Waals surface area contributed by atoms with Crippen LogP contribution in [0.5, 0.6) is 0 Å². The minimum atomic E-state index is 0.609. The molecule has 0 bridgehead atoms. The summed E-state index contributed by atoms with van der Waals surface area (Å²) in [5.41, 5.74) is 3.55. The van der Waals surface area contributed by atoms with Crippen LogP contribution in [0.25, 0.3) is 0 Å². The Balaban J connectivity index is 1.49. The quantitative estimate of drug-likeness (QED) is 0.514. The van der Waals surface area contributed by atoms with Crippen LogP contribution in [-0.2, 0) is 0 Å². The first-order valence-electron chi connectivity index (χ1n) is 9.05. The third-order valence-corrected chi connectivity index (χ3v) is 5.88. The van der Waals surface area contributed by atoms with Gasteiger partial charge in [0.05, 0.1) is 0 Å². The van der Waals surface area contributed by atoms with Crippen molar-refractivity contribution in [1.29, 1.82) is 0 Å². The molecule has 2 unspecified atom stereocenters. The van der Waals surface area contributed by atoms with Crippen LogP contribution >= 0.6 is 0 Å². The van der Waals surface area contributed by atoms with E-state index in [0.717, 1.165) is 17.8 Å². The summed E-state index contributed by atoms with van der Waals surface area (Å²) in [5, 5.41) is 0. The molecule has 0 aromatic carbocycles. The van der Waals surface area contributed by atoms with Crippen molar-refractivity contribution in [2.75, 3.05) is 13.1 Å². The molecule has 0 aliphatic heterocycles. The van der Waals surface area contributed by atoms with Gasteiger partial charge in [0.15, 0.2) is 0 Å². The smallest absolute Gasteiger partial charge is 0.0208 e. The largest absolute Gasteiger partial charge is 0.374 e. The van der Waals surface area contributed by atoms with Crippen molar-refractivity contribution in [3.05, 3.63) is 23.9 Å². The molecule has 0 aromatic heterocycles. The van der Waals surface area contributed by atoms with Gasteiger partial charge in [-0.1, -0.05) is 25.2 Å². The van der Waals surface area contributed by atoms with E-state index >= 15 is 0 Å². The van der Waals surface area contributed by atoms with Crippen LogP contribution in [0.1, 0.15) is 65.7 Å². The average molecular weight is 287 g/mol. The summed E-state index contributed by atoms with van der Waals surface area (Å²) in [6.45, 7) is 13.9. The van der Waals surface area contributed by atoms with Gasteiger partial charge in [-0.05, 0) is 82.0 Å². The molecule has 0 amide bonds. The Morgan fingerprint density at radius 3 is 2.48 bits per heavy atom. The van der Waals surface area contributed by atoms with E-state index in [4.69, 9.17) is 0 Å². The van der Waals surface area contributed by atoms with Gasteiger partial charge in [0, 0.05) is 18.8 Å². The predicted octanol–water partition coefficient (Wildman–Crippen LogP) is 5.39. The van der Waals surface area contributed by atoms with Crippen LogP contribution in [0.2, 0.25) is 0 Å². The Morgan fingerprint density at radius 1 is 1.19 bits per heavy atom. The van der Waals surface area contributed by atoms with E-state index in [1.807, 2.05) is 0 Å². The zero-order valence-corrected chi connectivity index (χ0v) is 14.3. The molecule has 1 heteroatoms. The zero-order valence-electron chi connectivity index (χ0n) is 14.3. The van der Waals surface area contributed by atoms with Crippen molar-refractivity contribution in [1.82, 2.24) is 4.90 Å². The molecular formula is C20H33N. The first-order chi connectivity index (χ1) is 9.98. The monoisotopic (exact) mass is 287 g/mol. The fraction of sp³-hybridized carbons (Fsp3) is 0.800. The summed E-state index contributed by atoms with van der Waals surface area (Å²) >= 11 is 0. The SMILES string of the molecule is C=C(C1CC1)N(CC1CC1)CC1CC1(C)CCC=C(C)C. The minimum Gasteiger partial charge on any atom is -0.374 e. The van der Waals surface area contributed by atoms with Gasteiger partial charge in [-0.15, -0.1) is 0 Å². The Morgan fingerprint density at radius 2 is 1.90 bits per heavy atom. The van der Waals surface area contributed by atoms with Crippen molar-refractivity contribution >= 4 is 0 Å². The van der Waals surface area contributed by atoms with E-state index < -0.39 is 0 Å². The van der Waals surface area contributed by atoms with Gasteiger partial charge in [-0.25, -0.2) is 0 Å². The number of nitrogens with zero attached hydrogens (tertiary/aromatic N) is 1. The Labute approximate surface area is 131 Å². The van der Waals surface area contributed by atoms with E-state index in [1.165, 1.54) is 69.3 Å². The van der Waals surface area contributed by atoms with E-state index in [0.29, 0.717) is 5.41 Å². The lowest BCUT2D eigenvalue weighted by molar-refractivity contribution is 0.281. The molecule has 0 N–H and O–H groups in total. The molecule has 0 spiro atoms. The highest BCUT2D eigenvalue weighted by molar-refractivity contribution is 5.11. The van der Waals surface area contributed by atoms with E-state index in [-0.39, 0.29) is 0 Å². The van der Waals surface area contributed by atoms with Crippen LogP contribution in [0.3, 0.4) is 0 Å². The molecule has 3 aliphatic carbocycles. The summed E-state index contributed by atoms with van der Waals surface area (Å²) in [4.78, 5) is 2.69. The normalized spacial score (nSPS) is 30.9. The molecular weight excluding hydrogens is 254 g/mol. The molecule has 3 fully saturated rings. The van der Waals surface area contributed by atoms with Gasteiger partial charge >= 0.3 is 0 Å². The third kappa shape index (κ3) is 4.14. The lowest BCUT2D eigenvalue weighted by atomic mass is 9.98. The molecule has 3 rings (SSSR count). The van der Waals surface area contributed by atoms with E-state index in [1.54, 1.807) is 0 Å². The summed E-state index contributed by atoms with van der Waals surface area (Å²) in [6, 6.07) is 0. The van der Waals surface area contributed by atoms with Crippen molar-refractivity contribution in [2.45, 2.75) is 65.7 Å². The number of rotatable bonds is 9. The average Bonchev–Trinajstić information content (AvgIpc) is 3.27. The topological polar surface area (TPSA) is 3.24 Å². The minimum absolute atomic E-state index is 0.609. The van der Waals surface area contributed by atoms with Crippen molar-refractivity contribution in [2.24, 2.45) is 23.2 Å².